The van der Waals surface area contributed by atoms with Gasteiger partial charge in [-0.3, -0.25) is 0 Å². The van der Waals surface area contributed by atoms with Crippen LogP contribution in [0.4, 0.5) is 54.8 Å². The number of alkyl halides is 6. The third-order valence-corrected chi connectivity index (χ3v) is 17.2. The maximum atomic E-state index is 15.1. The van der Waals surface area contributed by atoms with Crippen LogP contribution in [0.15, 0.2) is 182 Å². The molecule has 2 heterocycles. The molecule has 0 unspecified atom stereocenters. The van der Waals surface area contributed by atoms with Crippen LogP contribution in [0.3, 0.4) is 0 Å². The van der Waals surface area contributed by atoms with E-state index in [0.717, 1.165) is 0 Å². The molecule has 0 saturated heterocycles. The Hall–Kier alpha value is -15.5. The molecule has 0 radical (unpaired) electrons. The van der Waals surface area contributed by atoms with Crippen LogP contribution in [-0.2, 0) is 12.4 Å². The smallest absolute Gasteiger partial charge is 0.309 e. The van der Waals surface area contributed by atoms with E-state index < -0.39 is 29.0 Å². The number of nitrogens with zero attached hydrogens (tertiary/aromatic N) is 14. The van der Waals surface area contributed by atoms with Crippen molar-refractivity contribution in [3.63, 3.8) is 0 Å². The zero-order valence-corrected chi connectivity index (χ0v) is 50.8. The first-order chi connectivity index (χ1) is 48.3. The summed E-state index contributed by atoms with van der Waals surface area (Å²) in [6.07, 6.45) is -10.6. The Morgan fingerprint density at radius 3 is 1.21 bits per heavy atom. The molecular formula is C80H30F6N14. The monoisotopic (exact) mass is 1300 g/mol. The molecule has 0 aliphatic rings. The molecule has 2 aromatic heterocycles. The van der Waals surface area contributed by atoms with Crippen LogP contribution in [0.2, 0.25) is 0 Å². The van der Waals surface area contributed by atoms with Crippen molar-refractivity contribution < 1.29 is 26.3 Å². The summed E-state index contributed by atoms with van der Waals surface area (Å²) in [7, 11) is 0. The Labute approximate surface area is 563 Å². The van der Waals surface area contributed by atoms with Gasteiger partial charge >= 0.3 is 12.4 Å². The zero-order chi connectivity index (χ0) is 70.6. The van der Waals surface area contributed by atoms with E-state index in [0.29, 0.717) is 78.0 Å². The number of hydrogen-bond donors (Lipinski definition) is 0. The average molecular weight is 1300 g/mol. The molecule has 0 spiro atoms. The minimum absolute atomic E-state index is 0.00341. The number of hydrogen-bond acceptors (Lipinski definition) is 7. The lowest BCUT2D eigenvalue weighted by molar-refractivity contribution is -0.143. The van der Waals surface area contributed by atoms with Gasteiger partial charge < -0.3 is 9.13 Å². The van der Waals surface area contributed by atoms with Crippen LogP contribution in [0, 0.1) is 112 Å². The highest BCUT2D eigenvalue weighted by Gasteiger charge is 2.38. The standard InChI is InChI=1S/C80H30F6N14/c1-94-57-26-52(40-91)75(53(27-57)41-92)45-10-19-73-65(29-45)66-30-46(76-49(38-89)7-6-8-67(76)96-3)13-20-74(66)100(73)72-16-9-43(36-87)22-62(72)61-35-59(14-15-60(61)50-24-55(79(81,82)83)33-56(25-50)80(84,85)86)99-70-17-11-47(77-51(39-90)21-44(37-88)23-68(77)97-4)31-63(70)64-32-48(12-18-71(64)99)78-54(42-93)28-58(95-2)34-69(78)98-5/h6-35H. The molecule has 462 valence electrons. The lowest BCUT2D eigenvalue weighted by Crippen LogP contribution is -2.11. The number of aromatic nitrogens is 2. The van der Waals surface area contributed by atoms with Crippen molar-refractivity contribution in [2.75, 3.05) is 0 Å². The van der Waals surface area contributed by atoms with Crippen molar-refractivity contribution in [2.24, 2.45) is 0 Å². The van der Waals surface area contributed by atoms with E-state index in [2.05, 4.69) is 60.6 Å². The van der Waals surface area contributed by atoms with Crippen molar-refractivity contribution in [1.82, 2.24) is 9.13 Å². The summed E-state index contributed by atoms with van der Waals surface area (Å²) < 4.78 is 94.0. The predicted octanol–water partition coefficient (Wildman–Crippen LogP) is 21.8. The molecule has 0 N–H and O–H groups in total. The first-order valence-corrected chi connectivity index (χ1v) is 29.4. The minimum Gasteiger partial charge on any atom is -0.309 e. The van der Waals surface area contributed by atoms with E-state index in [1.54, 1.807) is 106 Å². The van der Waals surface area contributed by atoms with Gasteiger partial charge in [-0.25, -0.2) is 24.2 Å². The molecule has 14 nitrogen and oxygen atoms in total. The van der Waals surface area contributed by atoms with Crippen LogP contribution in [0.25, 0.3) is 146 Å². The molecule has 0 bridgehead atoms. The number of fused-ring (bicyclic) bond motifs is 6. The van der Waals surface area contributed by atoms with Crippen LogP contribution in [0.5, 0.6) is 0 Å². The summed E-state index contributed by atoms with van der Waals surface area (Å²) in [5.74, 6) is 0. The normalized spacial score (nSPS) is 11.0. The minimum atomic E-state index is -5.31. The summed E-state index contributed by atoms with van der Waals surface area (Å²) >= 11 is 0. The molecule has 0 saturated carbocycles. The first-order valence-electron chi connectivity index (χ1n) is 29.4. The van der Waals surface area contributed by atoms with Gasteiger partial charge in [-0.1, -0.05) is 48.5 Å². The number of benzene rings is 11. The Bertz CT molecular complexity index is 6110. The predicted molar refractivity (Wildman–Crippen MR) is 362 cm³/mol. The highest BCUT2D eigenvalue weighted by Crippen LogP contribution is 2.49. The largest absolute Gasteiger partial charge is 0.416 e. The maximum absolute atomic E-state index is 15.1. The Morgan fingerprint density at radius 2 is 0.750 bits per heavy atom. The van der Waals surface area contributed by atoms with Crippen LogP contribution in [-0.4, -0.2) is 9.13 Å². The summed E-state index contributed by atoms with van der Waals surface area (Å²) in [5, 5.41) is 74.8. The van der Waals surface area contributed by atoms with E-state index in [9.17, 15) is 36.8 Å². The zero-order valence-electron chi connectivity index (χ0n) is 50.8. The molecule has 0 fully saturated rings. The summed E-state index contributed by atoms with van der Waals surface area (Å²) in [5.41, 5.74) is 0.629. The third kappa shape index (κ3) is 10.5. The number of halogens is 6. The molecule has 13 rings (SSSR count). The van der Waals surface area contributed by atoms with Crippen LogP contribution < -0.4 is 0 Å². The van der Waals surface area contributed by atoms with E-state index in [1.807, 2.05) is 6.07 Å². The van der Waals surface area contributed by atoms with Gasteiger partial charge in [-0.05, 0) is 172 Å². The molecule has 20 heteroatoms. The molecule has 11 aromatic carbocycles. The van der Waals surface area contributed by atoms with Gasteiger partial charge in [-0.2, -0.15) is 63.2 Å². The van der Waals surface area contributed by atoms with Gasteiger partial charge in [0.2, 0.25) is 0 Å². The fourth-order valence-electron chi connectivity index (χ4n) is 13.0. The Kier molecular flexibility index (Phi) is 15.4. The molecule has 0 aliphatic carbocycles. The van der Waals surface area contributed by atoms with E-state index >= 15 is 26.3 Å². The number of rotatable bonds is 8. The quantitative estimate of drug-likeness (QED) is 0.106. The molecule has 0 amide bonds. The summed E-state index contributed by atoms with van der Waals surface area (Å²) in [4.78, 5) is 18.0. The molecule has 0 atom stereocenters. The first kappa shape index (κ1) is 63.2. The van der Waals surface area contributed by atoms with Crippen molar-refractivity contribution in [3.8, 4) is 121 Å². The molecular weight excluding hydrogens is 1270 g/mol. The third-order valence-electron chi connectivity index (χ3n) is 17.2. The summed E-state index contributed by atoms with van der Waals surface area (Å²) in [6.45, 7) is 39.8. The van der Waals surface area contributed by atoms with Gasteiger partial charge in [0.05, 0.1) is 136 Å². The maximum Gasteiger partial charge on any atom is 0.416 e. The van der Waals surface area contributed by atoms with Crippen molar-refractivity contribution >= 4 is 72.0 Å². The second-order valence-corrected chi connectivity index (χ2v) is 22.6. The average Bonchev–Trinajstić information content (AvgIpc) is 1.53. The van der Waals surface area contributed by atoms with Crippen LogP contribution in [0.1, 0.15) is 50.1 Å². The molecule has 0 aliphatic heterocycles. The van der Waals surface area contributed by atoms with Gasteiger partial charge in [0.25, 0.3) is 0 Å². The summed E-state index contributed by atoms with van der Waals surface area (Å²) in [6, 6.07) is 57.5. The SMILES string of the molecule is [C-]#[N+]c1cc(C#N)c(-c2ccc3c(c2)c2cc(-c4c(C#N)cccc4[N+]#[C-])ccc2n3-c2ccc(C#N)cc2-c2cc(-n3c4ccc(-c5c(C#N)cc(C#N)cc5[N+]#[C-])cc4c4cc(-c5c(C#N)cc([N+]#[C-])cc5[N+]#[C-])ccc43)ccc2-c2cc(C(F)(F)F)cc(C(F)(F)F)c2)c(C#N)c1. The Balaban J connectivity index is 1.16. The number of nitriles is 7. The fourth-order valence-corrected chi connectivity index (χ4v) is 13.0. The van der Waals surface area contributed by atoms with Crippen molar-refractivity contribution in [3.05, 3.63) is 289 Å². The Morgan fingerprint density at radius 1 is 0.310 bits per heavy atom. The fraction of sp³-hybridized carbons (Fsp3) is 0.0250. The van der Waals surface area contributed by atoms with E-state index in [4.69, 9.17) is 32.9 Å². The van der Waals surface area contributed by atoms with E-state index in [-0.39, 0.29) is 124 Å². The van der Waals surface area contributed by atoms with Gasteiger partial charge in [0.1, 0.15) is 0 Å². The van der Waals surface area contributed by atoms with Gasteiger partial charge in [0, 0.05) is 71.7 Å². The lowest BCUT2D eigenvalue weighted by atomic mass is 9.90. The molecule has 100 heavy (non-hydrogen) atoms. The topological polar surface area (TPSA) is 198 Å². The van der Waals surface area contributed by atoms with Crippen molar-refractivity contribution in [2.45, 2.75) is 12.4 Å². The lowest BCUT2D eigenvalue weighted by Gasteiger charge is -2.21. The van der Waals surface area contributed by atoms with Gasteiger partial charge in [0.15, 0.2) is 28.4 Å². The highest BCUT2D eigenvalue weighted by atomic mass is 19.4. The second-order valence-electron chi connectivity index (χ2n) is 22.6. The van der Waals surface area contributed by atoms with Crippen molar-refractivity contribution in [1.29, 1.82) is 36.8 Å². The van der Waals surface area contributed by atoms with Crippen LogP contribution >= 0.6 is 0 Å². The molecule has 13 aromatic rings. The van der Waals surface area contributed by atoms with E-state index in [1.165, 1.54) is 66.7 Å². The highest BCUT2D eigenvalue weighted by molar-refractivity contribution is 6.15. The second kappa shape index (κ2) is 24.4. The van der Waals surface area contributed by atoms with Gasteiger partial charge in [-0.15, -0.1) is 0 Å².